The number of nitrogens with one attached hydrogen (secondary N) is 1. The van der Waals surface area contributed by atoms with E-state index in [-0.39, 0.29) is 12.1 Å². The van der Waals surface area contributed by atoms with Crippen LogP contribution in [-0.4, -0.2) is 33.1 Å². The number of aryl methyl sites for hydroxylation is 2. The van der Waals surface area contributed by atoms with Gasteiger partial charge in [-0.2, -0.15) is 0 Å². The average Bonchev–Trinajstić information content (AvgIpc) is 2.97. The molecule has 5 heteroatoms. The molecule has 25 heavy (non-hydrogen) atoms. The topological polar surface area (TPSA) is 50.2 Å². The molecule has 5 nitrogen and oxygen atoms in total. The first-order valence-corrected chi connectivity index (χ1v) is 8.63. The van der Waals surface area contributed by atoms with Crippen molar-refractivity contribution in [2.24, 2.45) is 0 Å². The molecule has 0 fully saturated rings. The Balaban J connectivity index is 2.17. The maximum atomic E-state index is 12.4. The molecule has 0 bridgehead atoms. The molecule has 0 radical (unpaired) electrons. The van der Waals surface area contributed by atoms with Gasteiger partial charge in [-0.25, -0.2) is 9.78 Å². The smallest absolute Gasteiger partial charge is 0.318 e. The lowest BCUT2D eigenvalue weighted by Crippen LogP contribution is -2.43. The zero-order valence-corrected chi connectivity index (χ0v) is 15.6. The minimum absolute atomic E-state index is 0.0921. The molecule has 1 aromatic heterocycles. The number of amides is 2. The van der Waals surface area contributed by atoms with Crippen LogP contribution in [0.2, 0.25) is 0 Å². The maximum Gasteiger partial charge on any atom is 0.318 e. The average molecular weight is 340 g/mol. The van der Waals surface area contributed by atoms with Crippen LogP contribution in [0.25, 0.3) is 0 Å². The summed E-state index contributed by atoms with van der Waals surface area (Å²) in [6.45, 7) is 13.5. The number of nitrogens with zero attached hydrogens (tertiary/aromatic N) is 3. The van der Waals surface area contributed by atoms with Crippen LogP contribution in [0.5, 0.6) is 0 Å². The van der Waals surface area contributed by atoms with Crippen molar-refractivity contribution in [3.8, 4) is 0 Å². The fraction of sp³-hybridized carbons (Fsp3) is 0.400. The van der Waals surface area contributed by atoms with Gasteiger partial charge < -0.3 is 14.8 Å². The molecule has 2 amide bonds. The number of urea groups is 1. The number of benzene rings is 1. The van der Waals surface area contributed by atoms with Gasteiger partial charge in [-0.3, -0.25) is 0 Å². The second kappa shape index (κ2) is 8.51. The van der Waals surface area contributed by atoms with Gasteiger partial charge in [-0.15, -0.1) is 6.58 Å². The second-order valence-electron chi connectivity index (χ2n) is 6.67. The van der Waals surface area contributed by atoms with E-state index >= 15 is 0 Å². The van der Waals surface area contributed by atoms with Crippen LogP contribution < -0.4 is 5.32 Å². The van der Waals surface area contributed by atoms with Crippen LogP contribution in [0.15, 0.2) is 43.2 Å². The van der Waals surface area contributed by atoms with E-state index < -0.39 is 0 Å². The largest absolute Gasteiger partial charge is 0.336 e. The molecule has 0 aliphatic carbocycles. The van der Waals surface area contributed by atoms with Crippen LogP contribution in [0.3, 0.4) is 0 Å². The summed E-state index contributed by atoms with van der Waals surface area (Å²) in [5.74, 6) is 0.863. The quantitative estimate of drug-likeness (QED) is 0.782. The van der Waals surface area contributed by atoms with Gasteiger partial charge in [0.2, 0.25) is 0 Å². The van der Waals surface area contributed by atoms with Gasteiger partial charge in [0, 0.05) is 31.5 Å². The molecule has 1 heterocycles. The zero-order chi connectivity index (χ0) is 18.4. The summed E-state index contributed by atoms with van der Waals surface area (Å²) >= 11 is 0. The van der Waals surface area contributed by atoms with Gasteiger partial charge in [0.25, 0.3) is 0 Å². The first kappa shape index (κ1) is 18.8. The minimum atomic E-state index is -0.101. The Morgan fingerprint density at radius 2 is 2.16 bits per heavy atom. The summed E-state index contributed by atoms with van der Waals surface area (Å²) in [5, 5.41) is 2.93. The molecule has 0 atom stereocenters. The van der Waals surface area contributed by atoms with Gasteiger partial charge in [-0.1, -0.05) is 29.8 Å². The van der Waals surface area contributed by atoms with Crippen LogP contribution in [0.1, 0.15) is 36.4 Å². The molecular weight excluding hydrogens is 312 g/mol. The first-order valence-electron chi connectivity index (χ1n) is 8.63. The first-order chi connectivity index (χ1) is 11.9. The fourth-order valence-corrected chi connectivity index (χ4v) is 2.67. The van der Waals surface area contributed by atoms with Crippen LogP contribution >= 0.6 is 0 Å². The Kier molecular flexibility index (Phi) is 6.39. The number of hydrogen-bond donors (Lipinski definition) is 1. The number of carbonyl (C=O) groups excluding carboxylic acids is 1. The lowest BCUT2D eigenvalue weighted by atomic mass is 10.1. The summed E-state index contributed by atoms with van der Waals surface area (Å²) in [7, 11) is 0. The lowest BCUT2D eigenvalue weighted by Gasteiger charge is -2.23. The molecular formula is C20H28N4O. The lowest BCUT2D eigenvalue weighted by molar-refractivity contribution is 0.196. The number of aromatic nitrogens is 2. The van der Waals surface area contributed by atoms with Crippen molar-refractivity contribution in [2.75, 3.05) is 6.54 Å². The van der Waals surface area contributed by atoms with E-state index in [4.69, 9.17) is 0 Å². The Morgan fingerprint density at radius 3 is 2.84 bits per heavy atom. The Hall–Kier alpha value is -2.56. The van der Waals surface area contributed by atoms with Gasteiger partial charge in [0.1, 0.15) is 5.82 Å². The number of rotatable bonds is 7. The third kappa shape index (κ3) is 5.21. The SMILES string of the molecule is C=CCN(Cc1nccn1Cc1cc(C)ccc1C)C(=O)NC(C)C. The van der Waals surface area contributed by atoms with Crippen molar-refractivity contribution >= 4 is 6.03 Å². The number of carbonyl (C=O) groups is 1. The molecule has 0 saturated carbocycles. The fourth-order valence-electron chi connectivity index (χ4n) is 2.67. The highest BCUT2D eigenvalue weighted by atomic mass is 16.2. The molecule has 0 aliphatic rings. The number of imidazole rings is 1. The summed E-state index contributed by atoms with van der Waals surface area (Å²) in [5.41, 5.74) is 3.76. The zero-order valence-electron chi connectivity index (χ0n) is 15.6. The highest BCUT2D eigenvalue weighted by Crippen LogP contribution is 2.14. The van der Waals surface area contributed by atoms with E-state index in [1.54, 1.807) is 17.2 Å². The number of hydrogen-bond acceptors (Lipinski definition) is 2. The molecule has 2 aromatic rings. The molecule has 1 aromatic carbocycles. The van der Waals surface area contributed by atoms with Crippen LogP contribution in [0, 0.1) is 13.8 Å². The van der Waals surface area contributed by atoms with Crippen molar-refractivity contribution in [2.45, 2.75) is 46.8 Å². The van der Waals surface area contributed by atoms with E-state index in [2.05, 4.69) is 53.5 Å². The molecule has 0 unspecified atom stereocenters. The normalized spacial score (nSPS) is 10.8. The molecule has 1 N–H and O–H groups in total. The molecule has 0 aliphatic heterocycles. The predicted molar refractivity (Wildman–Crippen MR) is 102 cm³/mol. The van der Waals surface area contributed by atoms with E-state index in [0.29, 0.717) is 13.1 Å². The van der Waals surface area contributed by atoms with E-state index in [1.807, 2.05) is 20.0 Å². The summed E-state index contributed by atoms with van der Waals surface area (Å²) in [6.07, 6.45) is 5.48. The standard InChI is InChI=1S/C20H28N4O/c1-6-10-24(20(25)22-15(2)3)14-19-21-9-11-23(19)13-18-12-16(4)7-8-17(18)5/h6-9,11-12,15H,1,10,13-14H2,2-5H3,(H,22,25). The van der Waals surface area contributed by atoms with Gasteiger partial charge in [0.15, 0.2) is 0 Å². The Labute approximate surface area is 150 Å². The summed E-state index contributed by atoms with van der Waals surface area (Å²) in [4.78, 5) is 18.5. The van der Waals surface area contributed by atoms with Crippen molar-refractivity contribution in [3.05, 3.63) is 65.8 Å². The van der Waals surface area contributed by atoms with Gasteiger partial charge >= 0.3 is 6.03 Å². The van der Waals surface area contributed by atoms with Crippen LogP contribution in [0.4, 0.5) is 4.79 Å². The Morgan fingerprint density at radius 1 is 1.40 bits per heavy atom. The van der Waals surface area contributed by atoms with E-state index in [9.17, 15) is 4.79 Å². The predicted octanol–water partition coefficient (Wildman–Crippen LogP) is 3.65. The monoisotopic (exact) mass is 340 g/mol. The van der Waals surface area contributed by atoms with Crippen molar-refractivity contribution < 1.29 is 4.79 Å². The van der Waals surface area contributed by atoms with Crippen molar-refractivity contribution in [1.29, 1.82) is 0 Å². The summed E-state index contributed by atoms with van der Waals surface area (Å²) < 4.78 is 2.10. The maximum absolute atomic E-state index is 12.4. The Bertz CT molecular complexity index is 733. The minimum Gasteiger partial charge on any atom is -0.336 e. The molecule has 134 valence electrons. The third-order valence-corrected chi connectivity index (χ3v) is 4.03. The molecule has 2 rings (SSSR count). The highest BCUT2D eigenvalue weighted by molar-refractivity contribution is 5.74. The molecule has 0 saturated heterocycles. The van der Waals surface area contributed by atoms with E-state index in [1.165, 1.54) is 16.7 Å². The highest BCUT2D eigenvalue weighted by Gasteiger charge is 2.16. The third-order valence-electron chi connectivity index (χ3n) is 4.03. The van der Waals surface area contributed by atoms with Crippen LogP contribution in [-0.2, 0) is 13.1 Å². The van der Waals surface area contributed by atoms with Crippen molar-refractivity contribution in [3.63, 3.8) is 0 Å². The van der Waals surface area contributed by atoms with Gasteiger partial charge in [-0.05, 0) is 38.8 Å². The summed E-state index contributed by atoms with van der Waals surface area (Å²) in [6, 6.07) is 6.45. The van der Waals surface area contributed by atoms with Crippen molar-refractivity contribution in [1.82, 2.24) is 19.8 Å². The second-order valence-corrected chi connectivity index (χ2v) is 6.67. The van der Waals surface area contributed by atoms with Gasteiger partial charge in [0.05, 0.1) is 6.54 Å². The molecule has 0 spiro atoms. The van der Waals surface area contributed by atoms with E-state index in [0.717, 1.165) is 12.4 Å².